The summed E-state index contributed by atoms with van der Waals surface area (Å²) in [6.45, 7) is 7.78. The van der Waals surface area contributed by atoms with Crippen molar-refractivity contribution >= 4 is 11.6 Å². The van der Waals surface area contributed by atoms with Gasteiger partial charge in [0.15, 0.2) is 0 Å². The van der Waals surface area contributed by atoms with E-state index in [0.717, 1.165) is 71.5 Å². The summed E-state index contributed by atoms with van der Waals surface area (Å²) in [6.07, 6.45) is 6.39. The fourth-order valence-corrected chi connectivity index (χ4v) is 6.30. The van der Waals surface area contributed by atoms with E-state index in [1.807, 2.05) is 0 Å². The summed E-state index contributed by atoms with van der Waals surface area (Å²) < 4.78 is 5.68. The van der Waals surface area contributed by atoms with Gasteiger partial charge in [0.05, 0.1) is 5.41 Å². The molecule has 5 heteroatoms. The number of anilines is 1. The third-order valence-corrected chi connectivity index (χ3v) is 7.85. The number of amides is 1. The van der Waals surface area contributed by atoms with Crippen LogP contribution in [0.15, 0.2) is 30.3 Å². The number of carbonyl (C=O) groups is 1. The molecule has 28 heavy (non-hydrogen) atoms. The van der Waals surface area contributed by atoms with Gasteiger partial charge in [-0.3, -0.25) is 9.69 Å². The Morgan fingerprint density at radius 1 is 1.04 bits per heavy atom. The molecule has 1 saturated carbocycles. The predicted molar refractivity (Wildman–Crippen MR) is 112 cm³/mol. The van der Waals surface area contributed by atoms with Gasteiger partial charge in [-0.05, 0) is 50.7 Å². The van der Waals surface area contributed by atoms with Crippen LogP contribution in [0, 0.1) is 11.3 Å². The zero-order valence-electron chi connectivity index (χ0n) is 17.2. The molecule has 154 valence electrons. The average Bonchev–Trinajstić information content (AvgIpc) is 2.75. The molecule has 2 saturated heterocycles. The van der Waals surface area contributed by atoms with Crippen molar-refractivity contribution < 1.29 is 9.53 Å². The molecule has 2 unspecified atom stereocenters. The number of nitrogens with zero attached hydrogens (tertiary/aromatic N) is 2. The maximum Gasteiger partial charge on any atom is 0.225 e. The molecule has 2 N–H and O–H groups in total. The van der Waals surface area contributed by atoms with Gasteiger partial charge in [-0.1, -0.05) is 31.0 Å². The molecular weight excluding hydrogens is 350 g/mol. The van der Waals surface area contributed by atoms with Crippen LogP contribution < -0.4 is 10.6 Å². The third kappa shape index (κ3) is 3.22. The Bertz CT molecular complexity index is 668. The van der Waals surface area contributed by atoms with Crippen molar-refractivity contribution in [2.75, 3.05) is 44.3 Å². The number of primary amides is 1. The van der Waals surface area contributed by atoms with Gasteiger partial charge >= 0.3 is 0 Å². The van der Waals surface area contributed by atoms with Crippen LogP contribution in [-0.2, 0) is 9.53 Å². The number of ether oxygens (including phenoxy) is 1. The van der Waals surface area contributed by atoms with E-state index in [-0.39, 0.29) is 11.4 Å². The minimum absolute atomic E-state index is 0.107. The molecule has 2 atom stereocenters. The molecule has 5 nitrogen and oxygen atoms in total. The van der Waals surface area contributed by atoms with Crippen molar-refractivity contribution in [3.8, 4) is 0 Å². The van der Waals surface area contributed by atoms with Gasteiger partial charge in [0.1, 0.15) is 0 Å². The van der Waals surface area contributed by atoms with Gasteiger partial charge in [-0.15, -0.1) is 0 Å². The Labute approximate surface area is 169 Å². The second-order valence-electron chi connectivity index (χ2n) is 9.02. The number of nitrogens with two attached hydrogens (primary N) is 1. The molecule has 4 rings (SSSR count). The van der Waals surface area contributed by atoms with Crippen LogP contribution in [0.25, 0.3) is 0 Å². The standard InChI is InChI=1S/C23H35N3O2/c1-22(21(24)27)11-5-6-12-23(22,19-9-17-28-18-10-19)26-15-13-25(14-16-26)20-7-3-2-4-8-20/h2-4,7-8,19H,5-6,9-18H2,1H3,(H2,24,27). The zero-order chi connectivity index (χ0) is 19.6. The van der Waals surface area contributed by atoms with Crippen molar-refractivity contribution in [2.24, 2.45) is 17.1 Å². The number of rotatable bonds is 4. The van der Waals surface area contributed by atoms with E-state index in [4.69, 9.17) is 10.5 Å². The Hall–Kier alpha value is -1.59. The van der Waals surface area contributed by atoms with Gasteiger partial charge in [-0.25, -0.2) is 0 Å². The molecule has 3 aliphatic rings. The smallest absolute Gasteiger partial charge is 0.225 e. The average molecular weight is 386 g/mol. The predicted octanol–water partition coefficient (Wildman–Crippen LogP) is 3.04. The van der Waals surface area contributed by atoms with Gasteiger partial charge < -0.3 is 15.4 Å². The van der Waals surface area contributed by atoms with Gasteiger partial charge in [0, 0.05) is 50.6 Å². The number of hydrogen-bond donors (Lipinski definition) is 1. The summed E-state index contributed by atoms with van der Waals surface area (Å²) in [5, 5.41) is 0. The van der Waals surface area contributed by atoms with Crippen LogP contribution in [0.2, 0.25) is 0 Å². The van der Waals surface area contributed by atoms with E-state index in [0.29, 0.717) is 5.92 Å². The zero-order valence-corrected chi connectivity index (χ0v) is 17.2. The lowest BCUT2D eigenvalue weighted by Gasteiger charge is -2.61. The maximum atomic E-state index is 12.8. The highest BCUT2D eigenvalue weighted by atomic mass is 16.5. The van der Waals surface area contributed by atoms with Crippen LogP contribution in [0.5, 0.6) is 0 Å². The maximum absolute atomic E-state index is 12.8. The molecule has 2 heterocycles. The first kappa shape index (κ1) is 19.7. The molecule has 2 aliphatic heterocycles. The molecule has 3 fully saturated rings. The highest BCUT2D eigenvalue weighted by Gasteiger charge is 2.60. The monoisotopic (exact) mass is 385 g/mol. The fourth-order valence-electron chi connectivity index (χ4n) is 6.30. The van der Waals surface area contributed by atoms with E-state index < -0.39 is 5.41 Å². The van der Waals surface area contributed by atoms with Crippen LogP contribution in [0.3, 0.4) is 0 Å². The lowest BCUT2D eigenvalue weighted by Crippen LogP contribution is -2.71. The number of benzene rings is 1. The first-order valence-corrected chi connectivity index (χ1v) is 11.0. The highest BCUT2D eigenvalue weighted by molar-refractivity contribution is 5.82. The molecule has 0 spiro atoms. The van der Waals surface area contributed by atoms with Crippen molar-refractivity contribution in [2.45, 2.75) is 51.0 Å². The van der Waals surface area contributed by atoms with Crippen LogP contribution in [0.1, 0.15) is 45.4 Å². The lowest BCUT2D eigenvalue weighted by atomic mass is 9.54. The Morgan fingerprint density at radius 3 is 2.32 bits per heavy atom. The third-order valence-electron chi connectivity index (χ3n) is 7.85. The van der Waals surface area contributed by atoms with Crippen LogP contribution in [-0.4, -0.2) is 55.7 Å². The number of para-hydroxylation sites is 1. The van der Waals surface area contributed by atoms with E-state index in [9.17, 15) is 4.79 Å². The topological polar surface area (TPSA) is 58.8 Å². The minimum Gasteiger partial charge on any atom is -0.381 e. The molecular formula is C23H35N3O2. The molecule has 1 aromatic carbocycles. The summed E-state index contributed by atoms with van der Waals surface area (Å²) in [6, 6.07) is 10.7. The molecule has 1 aliphatic carbocycles. The Kier molecular flexibility index (Phi) is 5.66. The second-order valence-corrected chi connectivity index (χ2v) is 9.02. The molecule has 1 amide bonds. The number of piperazine rings is 1. The molecule has 0 radical (unpaired) electrons. The van der Waals surface area contributed by atoms with Gasteiger partial charge in [-0.2, -0.15) is 0 Å². The Morgan fingerprint density at radius 2 is 1.68 bits per heavy atom. The molecule has 0 bridgehead atoms. The van der Waals surface area contributed by atoms with E-state index in [1.54, 1.807) is 0 Å². The summed E-state index contributed by atoms with van der Waals surface area (Å²) in [5.41, 5.74) is 6.82. The fraction of sp³-hybridized carbons (Fsp3) is 0.696. The van der Waals surface area contributed by atoms with E-state index in [1.165, 1.54) is 12.1 Å². The summed E-state index contributed by atoms with van der Waals surface area (Å²) in [7, 11) is 0. The Balaban J connectivity index is 1.62. The van der Waals surface area contributed by atoms with Crippen LogP contribution in [0.4, 0.5) is 5.69 Å². The van der Waals surface area contributed by atoms with Gasteiger partial charge in [0.25, 0.3) is 0 Å². The largest absolute Gasteiger partial charge is 0.381 e. The normalized spacial score (nSPS) is 33.0. The van der Waals surface area contributed by atoms with Crippen molar-refractivity contribution in [3.63, 3.8) is 0 Å². The first-order chi connectivity index (χ1) is 13.6. The number of carbonyl (C=O) groups excluding carboxylic acids is 1. The van der Waals surface area contributed by atoms with Crippen molar-refractivity contribution in [3.05, 3.63) is 30.3 Å². The van der Waals surface area contributed by atoms with Crippen molar-refractivity contribution in [1.82, 2.24) is 4.90 Å². The lowest BCUT2D eigenvalue weighted by molar-refractivity contribution is -0.158. The minimum atomic E-state index is -0.456. The molecule has 0 aromatic heterocycles. The quantitative estimate of drug-likeness (QED) is 0.865. The second kappa shape index (κ2) is 8.03. The van der Waals surface area contributed by atoms with Crippen LogP contribution >= 0.6 is 0 Å². The summed E-state index contributed by atoms with van der Waals surface area (Å²) in [4.78, 5) is 17.9. The van der Waals surface area contributed by atoms with E-state index >= 15 is 0 Å². The first-order valence-electron chi connectivity index (χ1n) is 11.0. The SMILES string of the molecule is CC1(C(N)=O)CCCCC1(C1CCOCC1)N1CCN(c2ccccc2)CC1. The summed E-state index contributed by atoms with van der Waals surface area (Å²) >= 11 is 0. The summed E-state index contributed by atoms with van der Waals surface area (Å²) in [5.74, 6) is 0.381. The number of hydrogen-bond acceptors (Lipinski definition) is 4. The molecule has 1 aromatic rings. The van der Waals surface area contributed by atoms with E-state index in [2.05, 4.69) is 47.1 Å². The van der Waals surface area contributed by atoms with Crippen molar-refractivity contribution in [1.29, 1.82) is 0 Å². The van der Waals surface area contributed by atoms with Gasteiger partial charge in [0.2, 0.25) is 5.91 Å². The highest BCUT2D eigenvalue weighted by Crippen LogP contribution is 2.54.